The molecule has 1 heterocycles. The van der Waals surface area contributed by atoms with Crippen molar-refractivity contribution in [2.24, 2.45) is 0 Å². The van der Waals surface area contributed by atoms with E-state index in [1.54, 1.807) is 18.2 Å². The van der Waals surface area contributed by atoms with Gasteiger partial charge in [0.25, 0.3) is 5.91 Å². The topological polar surface area (TPSA) is 66.5 Å². The van der Waals surface area contributed by atoms with Crippen molar-refractivity contribution in [2.75, 3.05) is 13.1 Å². The fraction of sp³-hybridized carbons (Fsp3) is 0.381. The average Bonchev–Trinajstić information content (AvgIpc) is 3.22. The van der Waals surface area contributed by atoms with Crippen LogP contribution in [-0.4, -0.2) is 31.7 Å². The maximum atomic E-state index is 12.7. The highest BCUT2D eigenvalue weighted by molar-refractivity contribution is 7.89. The summed E-state index contributed by atoms with van der Waals surface area (Å²) in [6.45, 7) is 5.13. The molecular weight excluding hydrogens is 360 g/mol. The van der Waals surface area contributed by atoms with Crippen LogP contribution in [0.15, 0.2) is 53.4 Å². The van der Waals surface area contributed by atoms with Gasteiger partial charge in [-0.1, -0.05) is 42.8 Å². The van der Waals surface area contributed by atoms with Gasteiger partial charge in [0.1, 0.15) is 0 Å². The summed E-state index contributed by atoms with van der Waals surface area (Å²) >= 11 is 0. The zero-order valence-electron chi connectivity index (χ0n) is 15.8. The summed E-state index contributed by atoms with van der Waals surface area (Å²) in [6, 6.07) is 14.3. The van der Waals surface area contributed by atoms with E-state index in [0.717, 1.165) is 24.8 Å². The zero-order valence-corrected chi connectivity index (χ0v) is 16.6. The van der Waals surface area contributed by atoms with Crippen LogP contribution < -0.4 is 5.32 Å². The maximum Gasteiger partial charge on any atom is 0.251 e. The SMILES string of the molecule is CC[C@H](NC(=O)c1cccc(S(=O)(=O)N2CCCC2)c1)c1ccc(C)cc1. The Morgan fingerprint density at radius 2 is 1.78 bits per heavy atom. The second-order valence-corrected chi connectivity index (χ2v) is 8.92. The third-order valence-corrected chi connectivity index (χ3v) is 6.89. The second-order valence-electron chi connectivity index (χ2n) is 6.98. The molecule has 1 aliphatic rings. The summed E-state index contributed by atoms with van der Waals surface area (Å²) < 4.78 is 27.0. The number of aryl methyl sites for hydroxylation is 1. The largest absolute Gasteiger partial charge is 0.345 e. The standard InChI is InChI=1S/C21H26N2O3S/c1-3-20(17-11-9-16(2)10-12-17)22-21(24)18-7-6-8-19(15-18)27(25,26)23-13-4-5-14-23/h6-12,15,20H,3-5,13-14H2,1-2H3,(H,22,24)/t20-/m0/s1. The first-order valence-corrected chi connectivity index (χ1v) is 10.8. The maximum absolute atomic E-state index is 12.7. The van der Waals surface area contributed by atoms with Crippen LogP contribution in [0.1, 0.15) is 53.7 Å². The normalized spacial score (nSPS) is 16.2. The summed E-state index contributed by atoms with van der Waals surface area (Å²) in [6.07, 6.45) is 2.52. The molecule has 144 valence electrons. The zero-order chi connectivity index (χ0) is 19.4. The molecule has 1 saturated heterocycles. The van der Waals surface area contributed by atoms with E-state index in [2.05, 4.69) is 5.32 Å². The van der Waals surface area contributed by atoms with Gasteiger partial charge in [0, 0.05) is 18.7 Å². The number of carbonyl (C=O) groups is 1. The quantitative estimate of drug-likeness (QED) is 0.824. The summed E-state index contributed by atoms with van der Waals surface area (Å²) in [5, 5.41) is 3.02. The molecule has 0 radical (unpaired) electrons. The minimum Gasteiger partial charge on any atom is -0.345 e. The Hall–Kier alpha value is -2.18. The summed E-state index contributed by atoms with van der Waals surface area (Å²) in [7, 11) is -3.53. The van der Waals surface area contributed by atoms with E-state index >= 15 is 0 Å². The average molecular weight is 387 g/mol. The van der Waals surface area contributed by atoms with Crippen LogP contribution >= 0.6 is 0 Å². The molecule has 0 aliphatic carbocycles. The van der Waals surface area contributed by atoms with Crippen molar-refractivity contribution in [2.45, 2.75) is 44.0 Å². The second kappa shape index (κ2) is 8.23. The summed E-state index contributed by atoms with van der Waals surface area (Å²) in [5.41, 5.74) is 2.57. The fourth-order valence-corrected chi connectivity index (χ4v) is 4.90. The molecule has 0 saturated carbocycles. The Bertz CT molecular complexity index is 901. The van der Waals surface area contributed by atoms with E-state index in [4.69, 9.17) is 0 Å². The van der Waals surface area contributed by atoms with Crippen molar-refractivity contribution in [3.63, 3.8) is 0 Å². The Balaban J connectivity index is 1.79. The van der Waals surface area contributed by atoms with Crippen LogP contribution in [0.2, 0.25) is 0 Å². The first kappa shape index (κ1) is 19.6. The van der Waals surface area contributed by atoms with Gasteiger partial charge in [0.05, 0.1) is 10.9 Å². The number of hydrogen-bond acceptors (Lipinski definition) is 3. The molecule has 2 aromatic carbocycles. The smallest absolute Gasteiger partial charge is 0.251 e. The molecule has 0 bridgehead atoms. The van der Waals surface area contributed by atoms with Gasteiger partial charge in [-0.3, -0.25) is 4.79 Å². The van der Waals surface area contributed by atoms with Crippen molar-refractivity contribution in [3.8, 4) is 0 Å². The Kier molecular flexibility index (Phi) is 5.97. The molecule has 0 unspecified atom stereocenters. The van der Waals surface area contributed by atoms with Crippen LogP contribution in [0.3, 0.4) is 0 Å². The molecule has 3 rings (SSSR count). The lowest BCUT2D eigenvalue weighted by atomic mass is 10.0. The highest BCUT2D eigenvalue weighted by Gasteiger charge is 2.27. The number of amides is 1. The monoisotopic (exact) mass is 386 g/mol. The summed E-state index contributed by atoms with van der Waals surface area (Å²) in [4.78, 5) is 12.9. The van der Waals surface area contributed by atoms with E-state index in [1.165, 1.54) is 15.9 Å². The van der Waals surface area contributed by atoms with E-state index in [-0.39, 0.29) is 16.8 Å². The van der Waals surface area contributed by atoms with Crippen molar-refractivity contribution in [3.05, 3.63) is 65.2 Å². The third kappa shape index (κ3) is 4.39. The molecule has 1 aliphatic heterocycles. The molecule has 27 heavy (non-hydrogen) atoms. The molecule has 6 heteroatoms. The van der Waals surface area contributed by atoms with Crippen LogP contribution in [0.25, 0.3) is 0 Å². The van der Waals surface area contributed by atoms with Gasteiger partial charge in [-0.15, -0.1) is 0 Å². The fourth-order valence-electron chi connectivity index (χ4n) is 3.34. The number of nitrogens with one attached hydrogen (secondary N) is 1. The lowest BCUT2D eigenvalue weighted by Crippen LogP contribution is -2.30. The number of rotatable bonds is 6. The number of carbonyl (C=O) groups excluding carboxylic acids is 1. The lowest BCUT2D eigenvalue weighted by molar-refractivity contribution is 0.0935. The van der Waals surface area contributed by atoms with Gasteiger partial charge in [-0.05, 0) is 49.9 Å². The van der Waals surface area contributed by atoms with Gasteiger partial charge >= 0.3 is 0 Å². The Labute approximate surface area is 161 Å². The Morgan fingerprint density at radius 1 is 1.11 bits per heavy atom. The van der Waals surface area contributed by atoms with E-state index in [1.807, 2.05) is 38.1 Å². The van der Waals surface area contributed by atoms with Crippen molar-refractivity contribution in [1.82, 2.24) is 9.62 Å². The summed E-state index contributed by atoms with van der Waals surface area (Å²) in [5.74, 6) is -0.263. The molecule has 0 spiro atoms. The van der Waals surface area contributed by atoms with Gasteiger partial charge < -0.3 is 5.32 Å². The minimum absolute atomic E-state index is 0.114. The number of nitrogens with zero attached hydrogens (tertiary/aromatic N) is 1. The third-order valence-electron chi connectivity index (χ3n) is 4.99. The van der Waals surface area contributed by atoms with Crippen molar-refractivity contribution < 1.29 is 13.2 Å². The van der Waals surface area contributed by atoms with Crippen molar-refractivity contribution in [1.29, 1.82) is 0 Å². The van der Waals surface area contributed by atoms with E-state index < -0.39 is 10.0 Å². The first-order chi connectivity index (χ1) is 12.9. The lowest BCUT2D eigenvalue weighted by Gasteiger charge is -2.19. The molecule has 1 amide bonds. The van der Waals surface area contributed by atoms with Gasteiger partial charge in [0.15, 0.2) is 0 Å². The van der Waals surface area contributed by atoms with Crippen molar-refractivity contribution >= 4 is 15.9 Å². The highest BCUT2D eigenvalue weighted by atomic mass is 32.2. The highest BCUT2D eigenvalue weighted by Crippen LogP contribution is 2.22. The van der Waals surface area contributed by atoms with E-state index in [0.29, 0.717) is 18.7 Å². The Morgan fingerprint density at radius 3 is 2.41 bits per heavy atom. The van der Waals surface area contributed by atoms with E-state index in [9.17, 15) is 13.2 Å². The molecule has 1 N–H and O–H groups in total. The number of benzene rings is 2. The number of sulfonamides is 1. The first-order valence-electron chi connectivity index (χ1n) is 9.39. The van der Waals surface area contributed by atoms with Gasteiger partial charge in [-0.25, -0.2) is 8.42 Å². The molecule has 0 aromatic heterocycles. The molecule has 1 atom stereocenters. The van der Waals surface area contributed by atoms with Crippen LogP contribution in [-0.2, 0) is 10.0 Å². The predicted molar refractivity (Wildman–Crippen MR) is 106 cm³/mol. The van der Waals surface area contributed by atoms with Crippen LogP contribution in [0.4, 0.5) is 0 Å². The molecular formula is C21H26N2O3S. The minimum atomic E-state index is -3.53. The molecule has 5 nitrogen and oxygen atoms in total. The predicted octanol–water partition coefficient (Wildman–Crippen LogP) is 3.66. The van der Waals surface area contributed by atoms with Crippen LogP contribution in [0, 0.1) is 6.92 Å². The molecule has 1 fully saturated rings. The van der Waals surface area contributed by atoms with Crippen LogP contribution in [0.5, 0.6) is 0 Å². The van der Waals surface area contributed by atoms with Gasteiger partial charge in [-0.2, -0.15) is 4.31 Å². The van der Waals surface area contributed by atoms with Gasteiger partial charge in [0.2, 0.25) is 10.0 Å². The molecule has 2 aromatic rings. The number of hydrogen-bond donors (Lipinski definition) is 1.